The van der Waals surface area contributed by atoms with Crippen LogP contribution in [0.5, 0.6) is 0 Å². The highest BCUT2D eigenvalue weighted by molar-refractivity contribution is 8.00. The molecule has 1 aliphatic rings. The summed E-state index contributed by atoms with van der Waals surface area (Å²) < 4.78 is 0.449. The van der Waals surface area contributed by atoms with Gasteiger partial charge in [0.05, 0.1) is 0 Å². The number of nitrogens with zero attached hydrogens (tertiary/aromatic N) is 1. The van der Waals surface area contributed by atoms with Gasteiger partial charge in [-0.2, -0.15) is 11.8 Å². The quantitative estimate of drug-likeness (QED) is 0.729. The van der Waals surface area contributed by atoms with Crippen LogP contribution in [0.4, 0.5) is 0 Å². The van der Waals surface area contributed by atoms with Crippen molar-refractivity contribution in [3.8, 4) is 0 Å². The zero-order valence-electron chi connectivity index (χ0n) is 10.7. The zero-order valence-corrected chi connectivity index (χ0v) is 11.5. The van der Waals surface area contributed by atoms with Gasteiger partial charge in [-0.3, -0.25) is 4.90 Å². The predicted octanol–water partition coefficient (Wildman–Crippen LogP) is 2.20. The van der Waals surface area contributed by atoms with E-state index >= 15 is 0 Å². The summed E-state index contributed by atoms with van der Waals surface area (Å²) in [5.41, 5.74) is 0. The van der Waals surface area contributed by atoms with Crippen molar-refractivity contribution in [3.05, 3.63) is 0 Å². The fourth-order valence-corrected chi connectivity index (χ4v) is 3.23. The highest BCUT2D eigenvalue weighted by atomic mass is 32.2. The first-order valence-electron chi connectivity index (χ1n) is 6.14. The minimum absolute atomic E-state index is 0.449. The van der Waals surface area contributed by atoms with Crippen molar-refractivity contribution in [2.45, 2.75) is 44.9 Å². The third kappa shape index (κ3) is 4.75. The Kier molecular flexibility index (Phi) is 5.44. The van der Waals surface area contributed by atoms with E-state index in [-0.39, 0.29) is 0 Å². The normalized spacial score (nSPS) is 24.0. The zero-order chi connectivity index (χ0) is 11.3. The fraction of sp³-hybridized carbons (Fsp3) is 1.00. The molecule has 0 radical (unpaired) electrons. The van der Waals surface area contributed by atoms with Crippen LogP contribution in [0.15, 0.2) is 0 Å². The Bertz CT molecular complexity index is 182. The third-order valence-corrected chi connectivity index (χ3v) is 4.36. The van der Waals surface area contributed by atoms with E-state index in [2.05, 4.69) is 49.7 Å². The summed E-state index contributed by atoms with van der Waals surface area (Å²) in [4.78, 5) is 2.65. The average molecular weight is 230 g/mol. The molecular weight excluding hydrogens is 204 g/mol. The number of hydrogen-bond acceptors (Lipinski definition) is 3. The van der Waals surface area contributed by atoms with Gasteiger partial charge < -0.3 is 5.32 Å². The van der Waals surface area contributed by atoms with Gasteiger partial charge in [-0.1, -0.05) is 6.92 Å². The summed E-state index contributed by atoms with van der Waals surface area (Å²) in [6.45, 7) is 14.0. The molecule has 0 aromatic carbocycles. The predicted molar refractivity (Wildman–Crippen MR) is 70.7 cm³/mol. The number of nitrogens with one attached hydrogen (secondary N) is 1. The van der Waals surface area contributed by atoms with E-state index in [1.807, 2.05) is 0 Å². The summed E-state index contributed by atoms with van der Waals surface area (Å²) in [6, 6.07) is 0.726. The molecule has 1 rings (SSSR count). The molecule has 0 spiro atoms. The lowest BCUT2D eigenvalue weighted by molar-refractivity contribution is 0.190. The average Bonchev–Trinajstić information content (AvgIpc) is 2.16. The van der Waals surface area contributed by atoms with Crippen LogP contribution in [-0.2, 0) is 0 Å². The molecule has 3 heteroatoms. The van der Waals surface area contributed by atoms with Crippen molar-refractivity contribution in [2.24, 2.45) is 0 Å². The molecule has 0 amide bonds. The van der Waals surface area contributed by atoms with E-state index < -0.39 is 0 Å². The van der Waals surface area contributed by atoms with Crippen molar-refractivity contribution < 1.29 is 0 Å². The summed E-state index contributed by atoms with van der Waals surface area (Å²) in [7, 11) is 0. The van der Waals surface area contributed by atoms with Crippen LogP contribution in [0.3, 0.4) is 0 Å². The van der Waals surface area contributed by atoms with Gasteiger partial charge in [0, 0.05) is 29.6 Å². The van der Waals surface area contributed by atoms with Crippen molar-refractivity contribution >= 4 is 11.8 Å². The first kappa shape index (κ1) is 13.3. The number of rotatable bonds is 5. The van der Waals surface area contributed by atoms with Gasteiger partial charge in [0.25, 0.3) is 0 Å². The van der Waals surface area contributed by atoms with Crippen LogP contribution in [0.2, 0.25) is 0 Å². The molecule has 1 aliphatic heterocycles. The van der Waals surface area contributed by atoms with Gasteiger partial charge >= 0.3 is 0 Å². The molecule has 1 atom stereocenters. The molecule has 0 aromatic heterocycles. The first-order chi connectivity index (χ1) is 7.05. The van der Waals surface area contributed by atoms with Crippen molar-refractivity contribution in [3.63, 3.8) is 0 Å². The second-order valence-electron chi connectivity index (χ2n) is 5.07. The minimum Gasteiger partial charge on any atom is -0.317 e. The Morgan fingerprint density at radius 2 is 2.20 bits per heavy atom. The van der Waals surface area contributed by atoms with E-state index in [4.69, 9.17) is 0 Å². The molecule has 1 heterocycles. The summed E-state index contributed by atoms with van der Waals surface area (Å²) in [5.74, 6) is 1.29. The highest BCUT2D eigenvalue weighted by Gasteiger charge is 2.28. The van der Waals surface area contributed by atoms with Crippen molar-refractivity contribution in [1.82, 2.24) is 10.2 Å². The lowest BCUT2D eigenvalue weighted by Crippen LogP contribution is -2.47. The van der Waals surface area contributed by atoms with Gasteiger partial charge in [0.2, 0.25) is 0 Å². The second kappa shape index (κ2) is 6.12. The van der Waals surface area contributed by atoms with E-state index in [9.17, 15) is 0 Å². The Hall–Kier alpha value is 0.270. The lowest BCUT2D eigenvalue weighted by atomic mass is 10.1. The van der Waals surface area contributed by atoms with E-state index in [0.717, 1.165) is 19.1 Å². The van der Waals surface area contributed by atoms with Crippen LogP contribution in [0.1, 0.15) is 34.1 Å². The molecule has 2 nitrogen and oxygen atoms in total. The Morgan fingerprint density at radius 1 is 1.47 bits per heavy atom. The topological polar surface area (TPSA) is 15.3 Å². The van der Waals surface area contributed by atoms with Crippen LogP contribution in [-0.4, -0.2) is 47.6 Å². The van der Waals surface area contributed by atoms with Crippen LogP contribution < -0.4 is 5.32 Å². The third-order valence-electron chi connectivity index (χ3n) is 3.07. The molecule has 1 unspecified atom stereocenters. The fourth-order valence-electron chi connectivity index (χ4n) is 2.10. The maximum absolute atomic E-state index is 3.41. The Balaban J connectivity index is 2.29. The molecule has 0 aromatic rings. The first-order valence-corrected chi connectivity index (χ1v) is 7.12. The summed E-state index contributed by atoms with van der Waals surface area (Å²) >= 11 is 2.11. The van der Waals surface area contributed by atoms with Crippen LogP contribution in [0.25, 0.3) is 0 Å². The smallest absolute Gasteiger partial charge is 0.0231 e. The van der Waals surface area contributed by atoms with E-state index in [1.54, 1.807) is 0 Å². The molecular formula is C12H26N2S. The second-order valence-corrected chi connectivity index (χ2v) is 6.87. The number of hydrogen-bond donors (Lipinski definition) is 1. The molecule has 0 saturated carbocycles. The monoisotopic (exact) mass is 230 g/mol. The van der Waals surface area contributed by atoms with E-state index in [0.29, 0.717) is 4.75 Å². The molecule has 1 saturated heterocycles. The van der Waals surface area contributed by atoms with Crippen molar-refractivity contribution in [1.29, 1.82) is 0 Å². The van der Waals surface area contributed by atoms with Gasteiger partial charge in [-0.05, 0) is 40.3 Å². The lowest BCUT2D eigenvalue weighted by Gasteiger charge is -2.40. The minimum atomic E-state index is 0.449. The largest absolute Gasteiger partial charge is 0.317 e. The molecule has 1 fully saturated rings. The molecule has 0 aliphatic carbocycles. The standard InChI is InChI=1S/C12H26N2S/c1-5-13-7-6-11(2)14-8-9-15-12(3,4)10-14/h11,13H,5-10H2,1-4H3. The van der Waals surface area contributed by atoms with Gasteiger partial charge in [-0.25, -0.2) is 0 Å². The summed E-state index contributed by atoms with van der Waals surface area (Å²) in [5, 5.41) is 3.41. The van der Waals surface area contributed by atoms with Crippen molar-refractivity contribution in [2.75, 3.05) is 31.9 Å². The van der Waals surface area contributed by atoms with E-state index in [1.165, 1.54) is 25.3 Å². The molecule has 90 valence electrons. The summed E-state index contributed by atoms with van der Waals surface area (Å²) in [6.07, 6.45) is 1.27. The molecule has 0 bridgehead atoms. The van der Waals surface area contributed by atoms with Crippen LogP contribution >= 0.6 is 11.8 Å². The maximum atomic E-state index is 3.41. The number of thioether (sulfide) groups is 1. The van der Waals surface area contributed by atoms with Gasteiger partial charge in [0.1, 0.15) is 0 Å². The Morgan fingerprint density at radius 3 is 2.80 bits per heavy atom. The molecule has 1 N–H and O–H groups in total. The van der Waals surface area contributed by atoms with Crippen LogP contribution in [0, 0.1) is 0 Å². The SMILES string of the molecule is CCNCCC(C)N1CCSC(C)(C)C1. The maximum Gasteiger partial charge on any atom is 0.0231 e. The highest BCUT2D eigenvalue weighted by Crippen LogP contribution is 2.30. The van der Waals surface area contributed by atoms with Gasteiger partial charge in [0.15, 0.2) is 0 Å². The van der Waals surface area contributed by atoms with Gasteiger partial charge in [-0.15, -0.1) is 0 Å². The molecule has 15 heavy (non-hydrogen) atoms. The Labute approximate surface area is 99.2 Å².